The highest BCUT2D eigenvalue weighted by atomic mass is 16.3. The first-order valence-electron chi connectivity index (χ1n) is 10.2. The molecule has 32 heavy (non-hydrogen) atoms. The van der Waals surface area contributed by atoms with E-state index in [-0.39, 0.29) is 6.61 Å². The van der Waals surface area contributed by atoms with Crippen LogP contribution in [0.1, 0.15) is 5.56 Å². The topological polar surface area (TPSA) is 111 Å². The van der Waals surface area contributed by atoms with E-state index >= 15 is 0 Å². The maximum atomic E-state index is 9.22. The van der Waals surface area contributed by atoms with Crippen LogP contribution in [0.5, 0.6) is 0 Å². The second-order valence-electron chi connectivity index (χ2n) is 7.38. The van der Waals surface area contributed by atoms with E-state index in [0.717, 1.165) is 33.5 Å². The number of hydrogen-bond donors (Lipinski definition) is 3. The zero-order chi connectivity index (χ0) is 21.9. The van der Waals surface area contributed by atoms with Crippen molar-refractivity contribution in [1.82, 2.24) is 34.0 Å². The van der Waals surface area contributed by atoms with E-state index in [1.54, 1.807) is 15.6 Å². The second kappa shape index (κ2) is 8.52. The molecule has 5 rings (SSSR count). The fourth-order valence-corrected chi connectivity index (χ4v) is 3.62. The van der Waals surface area contributed by atoms with Gasteiger partial charge in [0.15, 0.2) is 5.65 Å². The molecular weight excluding hydrogens is 406 g/mol. The summed E-state index contributed by atoms with van der Waals surface area (Å²) in [6, 6.07) is 10.3. The molecule has 5 aromatic rings. The van der Waals surface area contributed by atoms with Gasteiger partial charge < -0.3 is 15.0 Å². The Kier molecular flexibility index (Phi) is 5.26. The van der Waals surface area contributed by atoms with Crippen molar-refractivity contribution in [3.8, 4) is 11.1 Å². The van der Waals surface area contributed by atoms with Gasteiger partial charge in [0.1, 0.15) is 12.1 Å². The average Bonchev–Trinajstić information content (AvgIpc) is 3.54. The van der Waals surface area contributed by atoms with Crippen LogP contribution in [0.2, 0.25) is 0 Å². The van der Waals surface area contributed by atoms with E-state index in [1.165, 1.54) is 6.33 Å². The normalized spacial score (nSPS) is 11.2. The molecule has 10 heteroatoms. The van der Waals surface area contributed by atoms with E-state index in [9.17, 15) is 5.11 Å². The van der Waals surface area contributed by atoms with Crippen LogP contribution in [-0.2, 0) is 20.1 Å². The van der Waals surface area contributed by atoms with E-state index in [4.69, 9.17) is 0 Å². The van der Waals surface area contributed by atoms with Gasteiger partial charge in [0.2, 0.25) is 5.95 Å². The number of aryl methyl sites for hydroxylation is 1. The maximum Gasteiger partial charge on any atom is 0.222 e. The lowest BCUT2D eigenvalue weighted by Crippen LogP contribution is -2.14. The van der Waals surface area contributed by atoms with Gasteiger partial charge in [-0.1, -0.05) is 18.2 Å². The average molecular weight is 429 g/mol. The number of anilines is 2. The summed E-state index contributed by atoms with van der Waals surface area (Å²) < 4.78 is 5.43. The standard InChI is InChI=1S/C22H23N9O/c1-29-14-18(13-27-29)17-4-2-3-16(11-17)12-24-20-19-5-7-31(21(19)26-15-25-20)28-22-23-6-8-30(22)9-10-32/h2-8,11,13-15,32H,9-10,12H2,1H3,(H,23,28)(H,24,25,26). The van der Waals surface area contributed by atoms with Gasteiger partial charge in [-0.15, -0.1) is 0 Å². The fraction of sp³-hybridized carbons (Fsp3) is 0.182. The van der Waals surface area contributed by atoms with E-state index < -0.39 is 0 Å². The number of nitrogens with zero attached hydrogens (tertiary/aromatic N) is 7. The Balaban J connectivity index is 1.35. The van der Waals surface area contributed by atoms with Gasteiger partial charge in [0, 0.05) is 50.5 Å². The molecule has 0 aliphatic rings. The molecule has 4 heterocycles. The molecule has 10 nitrogen and oxygen atoms in total. The summed E-state index contributed by atoms with van der Waals surface area (Å²) in [4.78, 5) is 13.2. The Bertz CT molecular complexity index is 1350. The van der Waals surface area contributed by atoms with Crippen molar-refractivity contribution >= 4 is 22.8 Å². The number of hydrogen-bond acceptors (Lipinski definition) is 7. The van der Waals surface area contributed by atoms with Crippen molar-refractivity contribution in [3.63, 3.8) is 0 Å². The van der Waals surface area contributed by atoms with Crippen LogP contribution in [-0.4, -0.2) is 45.7 Å². The lowest BCUT2D eigenvalue weighted by Gasteiger charge is -2.11. The van der Waals surface area contributed by atoms with Crippen molar-refractivity contribution in [2.75, 3.05) is 17.3 Å². The summed E-state index contributed by atoms with van der Waals surface area (Å²) in [5.74, 6) is 1.37. The van der Waals surface area contributed by atoms with Gasteiger partial charge in [0.05, 0.1) is 18.2 Å². The Morgan fingerprint density at radius 1 is 1.06 bits per heavy atom. The van der Waals surface area contributed by atoms with E-state index in [0.29, 0.717) is 19.0 Å². The fourth-order valence-electron chi connectivity index (χ4n) is 3.62. The molecule has 0 radical (unpaired) electrons. The third-order valence-electron chi connectivity index (χ3n) is 5.18. The first-order chi connectivity index (χ1) is 15.7. The zero-order valence-electron chi connectivity index (χ0n) is 17.5. The van der Waals surface area contributed by atoms with Gasteiger partial charge in [-0.2, -0.15) is 5.10 Å². The summed E-state index contributed by atoms with van der Waals surface area (Å²) in [6.07, 6.45) is 10.8. The summed E-state index contributed by atoms with van der Waals surface area (Å²) in [7, 11) is 1.91. The summed E-state index contributed by atoms with van der Waals surface area (Å²) >= 11 is 0. The second-order valence-corrected chi connectivity index (χ2v) is 7.38. The molecule has 0 saturated heterocycles. The smallest absolute Gasteiger partial charge is 0.222 e. The number of benzene rings is 1. The maximum absolute atomic E-state index is 9.22. The highest BCUT2D eigenvalue weighted by Crippen LogP contribution is 2.23. The molecule has 0 aliphatic heterocycles. The van der Waals surface area contributed by atoms with Crippen LogP contribution in [0.15, 0.2) is 67.6 Å². The zero-order valence-corrected chi connectivity index (χ0v) is 17.5. The molecule has 0 fully saturated rings. The molecule has 0 aliphatic carbocycles. The number of fused-ring (bicyclic) bond motifs is 1. The predicted octanol–water partition coefficient (Wildman–Crippen LogP) is 2.51. The molecule has 162 valence electrons. The summed E-state index contributed by atoms with van der Waals surface area (Å²) in [6.45, 7) is 1.12. The van der Waals surface area contributed by atoms with Crippen LogP contribution in [0.25, 0.3) is 22.2 Å². The van der Waals surface area contributed by atoms with E-state index in [2.05, 4.69) is 49.0 Å². The molecule has 0 bridgehead atoms. The molecule has 0 spiro atoms. The molecule has 0 saturated carbocycles. The summed E-state index contributed by atoms with van der Waals surface area (Å²) in [5.41, 5.74) is 7.30. The lowest BCUT2D eigenvalue weighted by molar-refractivity contribution is 0.276. The number of nitrogens with one attached hydrogen (secondary N) is 2. The largest absolute Gasteiger partial charge is 0.395 e. The Morgan fingerprint density at radius 2 is 2.00 bits per heavy atom. The highest BCUT2D eigenvalue weighted by Gasteiger charge is 2.11. The van der Waals surface area contributed by atoms with Gasteiger partial charge in [-0.25, -0.2) is 19.6 Å². The van der Waals surface area contributed by atoms with Crippen molar-refractivity contribution in [3.05, 3.63) is 73.2 Å². The third kappa shape index (κ3) is 3.91. The van der Waals surface area contributed by atoms with Crippen molar-refractivity contribution in [2.24, 2.45) is 7.05 Å². The van der Waals surface area contributed by atoms with Crippen LogP contribution in [0.4, 0.5) is 11.8 Å². The molecule has 0 unspecified atom stereocenters. The number of rotatable bonds is 8. The molecule has 0 amide bonds. The molecule has 1 aromatic carbocycles. The molecule has 3 N–H and O–H groups in total. The first-order valence-corrected chi connectivity index (χ1v) is 10.2. The van der Waals surface area contributed by atoms with Gasteiger partial charge in [-0.3, -0.25) is 10.1 Å². The molecule has 0 atom stereocenters. The monoisotopic (exact) mass is 429 g/mol. The summed E-state index contributed by atoms with van der Waals surface area (Å²) in [5, 5.41) is 17.8. The SMILES string of the molecule is Cn1cc(-c2cccc(CNc3ncnc4c3ccn4Nc3nccn3CCO)c2)cn1. The number of imidazole rings is 1. The minimum Gasteiger partial charge on any atom is -0.395 e. The van der Waals surface area contributed by atoms with Gasteiger partial charge >= 0.3 is 0 Å². The van der Waals surface area contributed by atoms with E-state index in [1.807, 2.05) is 48.5 Å². The quantitative estimate of drug-likeness (QED) is 0.348. The van der Waals surface area contributed by atoms with Gasteiger partial charge in [0.25, 0.3) is 0 Å². The van der Waals surface area contributed by atoms with Crippen LogP contribution < -0.4 is 10.7 Å². The van der Waals surface area contributed by atoms with Crippen molar-refractivity contribution < 1.29 is 5.11 Å². The highest BCUT2D eigenvalue weighted by molar-refractivity contribution is 5.87. The van der Waals surface area contributed by atoms with Gasteiger partial charge in [-0.05, 0) is 23.3 Å². The Hall–Kier alpha value is -4.18. The lowest BCUT2D eigenvalue weighted by atomic mass is 10.1. The minimum atomic E-state index is 0.0374. The number of aliphatic hydroxyl groups excluding tert-OH is 1. The van der Waals surface area contributed by atoms with Crippen LogP contribution in [0.3, 0.4) is 0 Å². The Morgan fingerprint density at radius 3 is 2.84 bits per heavy atom. The van der Waals surface area contributed by atoms with Crippen molar-refractivity contribution in [1.29, 1.82) is 0 Å². The Labute approximate surface area is 184 Å². The molecule has 4 aromatic heterocycles. The minimum absolute atomic E-state index is 0.0374. The van der Waals surface area contributed by atoms with Crippen LogP contribution >= 0.6 is 0 Å². The number of aromatic nitrogens is 7. The molecular formula is C22H23N9O. The van der Waals surface area contributed by atoms with Crippen LogP contribution in [0, 0.1) is 0 Å². The van der Waals surface area contributed by atoms with Crippen molar-refractivity contribution in [2.45, 2.75) is 13.1 Å². The first kappa shape index (κ1) is 19.8. The predicted molar refractivity (Wildman–Crippen MR) is 122 cm³/mol. The number of aliphatic hydroxyl groups is 1. The third-order valence-corrected chi connectivity index (χ3v) is 5.18.